The molecule has 0 fully saturated rings. The zero-order chi connectivity index (χ0) is 13.4. The molecule has 3 N–H and O–H groups in total. The second-order valence-corrected chi connectivity index (χ2v) is 5.72. The first-order chi connectivity index (χ1) is 8.61. The standard InChI is InChI=1S/C16H28N2/c1-13(2)6-4-9-16(18-17)11-10-15-8-5-7-14(3)12-15/h5,7-8,12-13,16,18H,4,6,9-11,17H2,1-3H3. The van der Waals surface area contributed by atoms with Crippen molar-refractivity contribution in [3.05, 3.63) is 35.4 Å². The molecule has 0 aliphatic heterocycles. The van der Waals surface area contributed by atoms with Gasteiger partial charge in [0.05, 0.1) is 0 Å². The van der Waals surface area contributed by atoms with Crippen molar-refractivity contribution in [3.8, 4) is 0 Å². The van der Waals surface area contributed by atoms with Gasteiger partial charge in [-0.25, -0.2) is 0 Å². The van der Waals surface area contributed by atoms with E-state index in [9.17, 15) is 0 Å². The quantitative estimate of drug-likeness (QED) is 0.545. The van der Waals surface area contributed by atoms with Crippen LogP contribution in [0.15, 0.2) is 24.3 Å². The largest absolute Gasteiger partial charge is 0.271 e. The molecule has 0 aromatic heterocycles. The molecule has 0 amide bonds. The summed E-state index contributed by atoms with van der Waals surface area (Å²) in [7, 11) is 0. The lowest BCUT2D eigenvalue weighted by atomic mass is 9.98. The van der Waals surface area contributed by atoms with E-state index in [1.807, 2.05) is 0 Å². The molecule has 0 heterocycles. The number of nitrogens with one attached hydrogen (secondary N) is 1. The van der Waals surface area contributed by atoms with Crippen molar-refractivity contribution in [2.75, 3.05) is 0 Å². The molecule has 1 aromatic carbocycles. The maximum Gasteiger partial charge on any atom is 0.0213 e. The molecule has 0 spiro atoms. The van der Waals surface area contributed by atoms with Crippen LogP contribution in [-0.4, -0.2) is 6.04 Å². The van der Waals surface area contributed by atoms with Crippen LogP contribution in [0.3, 0.4) is 0 Å². The van der Waals surface area contributed by atoms with E-state index in [0.29, 0.717) is 6.04 Å². The van der Waals surface area contributed by atoms with Crippen molar-refractivity contribution >= 4 is 0 Å². The van der Waals surface area contributed by atoms with Crippen molar-refractivity contribution in [2.24, 2.45) is 11.8 Å². The summed E-state index contributed by atoms with van der Waals surface area (Å²) in [6.07, 6.45) is 5.97. The summed E-state index contributed by atoms with van der Waals surface area (Å²) >= 11 is 0. The third-order valence-corrected chi connectivity index (χ3v) is 3.43. The van der Waals surface area contributed by atoms with Gasteiger partial charge in [-0.05, 0) is 37.7 Å². The van der Waals surface area contributed by atoms with E-state index < -0.39 is 0 Å². The van der Waals surface area contributed by atoms with Crippen LogP contribution >= 0.6 is 0 Å². The van der Waals surface area contributed by atoms with Gasteiger partial charge in [0.15, 0.2) is 0 Å². The van der Waals surface area contributed by atoms with Gasteiger partial charge in [0.2, 0.25) is 0 Å². The van der Waals surface area contributed by atoms with Crippen LogP contribution in [0.2, 0.25) is 0 Å². The summed E-state index contributed by atoms with van der Waals surface area (Å²) in [6, 6.07) is 9.19. The second kappa shape index (κ2) is 8.28. The van der Waals surface area contributed by atoms with Gasteiger partial charge in [-0.3, -0.25) is 11.3 Å². The van der Waals surface area contributed by atoms with Crippen LogP contribution in [0.4, 0.5) is 0 Å². The summed E-state index contributed by atoms with van der Waals surface area (Å²) in [6.45, 7) is 6.69. The lowest BCUT2D eigenvalue weighted by molar-refractivity contribution is 0.424. The zero-order valence-electron chi connectivity index (χ0n) is 12.1. The smallest absolute Gasteiger partial charge is 0.0213 e. The fraction of sp³-hybridized carbons (Fsp3) is 0.625. The van der Waals surface area contributed by atoms with Crippen LogP contribution in [0, 0.1) is 12.8 Å². The lowest BCUT2D eigenvalue weighted by Crippen LogP contribution is -2.35. The highest BCUT2D eigenvalue weighted by atomic mass is 15.2. The van der Waals surface area contributed by atoms with E-state index in [2.05, 4.69) is 50.5 Å². The first kappa shape index (κ1) is 15.2. The third kappa shape index (κ3) is 6.18. The van der Waals surface area contributed by atoms with Crippen LogP contribution in [0.1, 0.15) is 50.7 Å². The minimum atomic E-state index is 0.448. The summed E-state index contributed by atoms with van der Waals surface area (Å²) in [4.78, 5) is 0. The third-order valence-electron chi connectivity index (χ3n) is 3.43. The van der Waals surface area contributed by atoms with Crippen LogP contribution in [0.25, 0.3) is 0 Å². The van der Waals surface area contributed by atoms with Gasteiger partial charge in [0.1, 0.15) is 0 Å². The Morgan fingerprint density at radius 1 is 1.17 bits per heavy atom. The molecule has 2 heteroatoms. The predicted molar refractivity (Wildman–Crippen MR) is 79.3 cm³/mol. The number of hydrogen-bond acceptors (Lipinski definition) is 2. The topological polar surface area (TPSA) is 38.0 Å². The van der Waals surface area contributed by atoms with Crippen molar-refractivity contribution < 1.29 is 0 Å². The number of aryl methyl sites for hydroxylation is 2. The van der Waals surface area contributed by atoms with Crippen LogP contribution < -0.4 is 11.3 Å². The normalized spacial score (nSPS) is 12.9. The Kier molecular flexibility index (Phi) is 6.99. The maximum atomic E-state index is 5.63. The van der Waals surface area contributed by atoms with E-state index in [1.54, 1.807) is 0 Å². The zero-order valence-corrected chi connectivity index (χ0v) is 12.1. The SMILES string of the molecule is Cc1cccc(CCC(CCCC(C)C)NN)c1. The molecule has 2 nitrogen and oxygen atoms in total. The van der Waals surface area contributed by atoms with E-state index in [1.165, 1.54) is 30.4 Å². The first-order valence-electron chi connectivity index (χ1n) is 7.13. The molecule has 1 unspecified atom stereocenters. The lowest BCUT2D eigenvalue weighted by Gasteiger charge is -2.16. The van der Waals surface area contributed by atoms with Gasteiger partial charge < -0.3 is 0 Å². The fourth-order valence-electron chi connectivity index (χ4n) is 2.29. The number of rotatable bonds is 8. The molecule has 18 heavy (non-hydrogen) atoms. The monoisotopic (exact) mass is 248 g/mol. The predicted octanol–water partition coefficient (Wildman–Crippen LogP) is 3.59. The van der Waals surface area contributed by atoms with E-state index in [0.717, 1.165) is 18.8 Å². The first-order valence-corrected chi connectivity index (χ1v) is 7.13. The van der Waals surface area contributed by atoms with Gasteiger partial charge in [-0.1, -0.05) is 56.5 Å². The molecule has 1 aromatic rings. The summed E-state index contributed by atoms with van der Waals surface area (Å²) < 4.78 is 0. The van der Waals surface area contributed by atoms with Crippen molar-refractivity contribution in [1.82, 2.24) is 5.43 Å². The molecule has 1 rings (SSSR count). The highest BCUT2D eigenvalue weighted by Crippen LogP contribution is 2.13. The van der Waals surface area contributed by atoms with Gasteiger partial charge >= 0.3 is 0 Å². The fourth-order valence-corrected chi connectivity index (χ4v) is 2.29. The number of benzene rings is 1. The summed E-state index contributed by atoms with van der Waals surface area (Å²) in [5.74, 6) is 6.43. The Balaban J connectivity index is 2.30. The minimum absolute atomic E-state index is 0.448. The van der Waals surface area contributed by atoms with Gasteiger partial charge in [-0.15, -0.1) is 0 Å². The Morgan fingerprint density at radius 3 is 2.56 bits per heavy atom. The van der Waals surface area contributed by atoms with E-state index in [4.69, 9.17) is 5.84 Å². The molecular weight excluding hydrogens is 220 g/mol. The molecule has 0 saturated heterocycles. The maximum absolute atomic E-state index is 5.63. The van der Waals surface area contributed by atoms with Crippen molar-refractivity contribution in [2.45, 2.75) is 58.9 Å². The average molecular weight is 248 g/mol. The molecule has 0 aliphatic carbocycles. The Bertz CT molecular complexity index is 334. The van der Waals surface area contributed by atoms with Crippen LogP contribution in [-0.2, 0) is 6.42 Å². The molecule has 0 aliphatic rings. The van der Waals surface area contributed by atoms with Gasteiger partial charge in [-0.2, -0.15) is 0 Å². The van der Waals surface area contributed by atoms with Crippen molar-refractivity contribution in [3.63, 3.8) is 0 Å². The number of hydrogen-bond donors (Lipinski definition) is 2. The Hall–Kier alpha value is -0.860. The average Bonchev–Trinajstić information content (AvgIpc) is 2.33. The second-order valence-electron chi connectivity index (χ2n) is 5.72. The highest BCUT2D eigenvalue weighted by molar-refractivity contribution is 5.22. The molecule has 0 saturated carbocycles. The summed E-state index contributed by atoms with van der Waals surface area (Å²) in [5, 5.41) is 0. The molecular formula is C16H28N2. The number of nitrogens with two attached hydrogens (primary N) is 1. The Morgan fingerprint density at radius 2 is 1.94 bits per heavy atom. The molecule has 0 bridgehead atoms. The van der Waals surface area contributed by atoms with Crippen LogP contribution in [0.5, 0.6) is 0 Å². The summed E-state index contributed by atoms with van der Waals surface area (Å²) in [5.41, 5.74) is 5.71. The number of hydrazine groups is 1. The van der Waals surface area contributed by atoms with Crippen molar-refractivity contribution in [1.29, 1.82) is 0 Å². The minimum Gasteiger partial charge on any atom is -0.271 e. The molecule has 1 atom stereocenters. The molecule has 0 radical (unpaired) electrons. The molecule has 102 valence electrons. The Labute approximate surface area is 112 Å². The highest BCUT2D eigenvalue weighted by Gasteiger charge is 2.07. The van der Waals surface area contributed by atoms with Gasteiger partial charge in [0.25, 0.3) is 0 Å². The van der Waals surface area contributed by atoms with Gasteiger partial charge in [0, 0.05) is 6.04 Å². The van der Waals surface area contributed by atoms with E-state index >= 15 is 0 Å². The van der Waals surface area contributed by atoms with E-state index in [-0.39, 0.29) is 0 Å².